The number of hydrogen-bond donors (Lipinski definition) is 0. The van der Waals surface area contributed by atoms with Gasteiger partial charge in [-0.15, -0.1) is 4.31 Å². The molecule has 0 aliphatic rings. The fourth-order valence-electron chi connectivity index (χ4n) is 2.67. The van der Waals surface area contributed by atoms with Gasteiger partial charge in [0.2, 0.25) is 0 Å². The molecule has 0 spiro atoms. The zero-order chi connectivity index (χ0) is 23.0. The molecule has 0 saturated carbocycles. The highest BCUT2D eigenvalue weighted by atomic mass is 31.3. The largest absolute Gasteiger partial charge is 0.598 e. The fraction of sp³-hybridized carbons (Fsp3) is 0. The van der Waals surface area contributed by atoms with Crippen LogP contribution in [0.25, 0.3) is 0 Å². The van der Waals surface area contributed by atoms with Crippen molar-refractivity contribution in [2.75, 3.05) is 0 Å². The first kappa shape index (κ1) is 22.7. The SMILES string of the molecule is O=P(Oc1ccccc1)(Oc1ccccc1)OP(=O)(Oc1ccccc1)Oc1ccccc1. The molecule has 0 N–H and O–H groups in total. The third-order valence-electron chi connectivity index (χ3n) is 4.04. The quantitative estimate of drug-likeness (QED) is 0.216. The summed E-state index contributed by atoms with van der Waals surface area (Å²) in [7, 11) is -9.14. The van der Waals surface area contributed by atoms with Crippen molar-refractivity contribution >= 4 is 15.6 Å². The van der Waals surface area contributed by atoms with Gasteiger partial charge in [-0.2, -0.15) is 0 Å². The maximum absolute atomic E-state index is 13.7. The lowest BCUT2D eigenvalue weighted by atomic mass is 10.3. The predicted molar refractivity (Wildman–Crippen MR) is 125 cm³/mol. The Morgan fingerprint density at radius 2 is 0.576 bits per heavy atom. The van der Waals surface area contributed by atoms with Crippen LogP contribution < -0.4 is 18.1 Å². The molecule has 0 amide bonds. The minimum Gasteiger partial charge on any atom is -0.395 e. The van der Waals surface area contributed by atoms with E-state index in [2.05, 4.69) is 0 Å². The van der Waals surface area contributed by atoms with Crippen molar-refractivity contribution in [3.63, 3.8) is 0 Å². The number of phosphoric acid groups is 2. The van der Waals surface area contributed by atoms with Crippen LogP contribution in [0.1, 0.15) is 0 Å². The first-order chi connectivity index (χ1) is 16.0. The molecule has 4 rings (SSSR count). The summed E-state index contributed by atoms with van der Waals surface area (Å²) >= 11 is 0. The molecular formula is C24H20O7P2. The number of phosphoric ester groups is 2. The zero-order valence-electron chi connectivity index (χ0n) is 17.3. The van der Waals surface area contributed by atoms with E-state index in [0.717, 1.165) is 0 Å². The third-order valence-corrected chi connectivity index (χ3v) is 7.38. The minimum absolute atomic E-state index is 0.183. The lowest BCUT2D eigenvalue weighted by molar-refractivity contribution is 0.243. The third kappa shape index (κ3) is 6.74. The highest BCUT2D eigenvalue weighted by Gasteiger charge is 2.46. The standard InChI is InChI=1S/C24H20O7P2/c25-32(27-21-13-5-1-6-14-21,28-22-15-7-2-8-16-22)31-33(26,29-23-17-9-3-10-18-23)30-24-19-11-4-12-20-24/h1-20H. The van der Waals surface area contributed by atoms with Crippen molar-refractivity contribution in [1.82, 2.24) is 0 Å². The highest BCUT2D eigenvalue weighted by molar-refractivity contribution is 7.63. The van der Waals surface area contributed by atoms with Crippen LogP contribution >= 0.6 is 15.6 Å². The van der Waals surface area contributed by atoms with E-state index in [4.69, 9.17) is 22.4 Å². The Balaban J connectivity index is 1.69. The van der Waals surface area contributed by atoms with Crippen molar-refractivity contribution in [3.8, 4) is 23.0 Å². The van der Waals surface area contributed by atoms with Crippen molar-refractivity contribution in [3.05, 3.63) is 121 Å². The van der Waals surface area contributed by atoms with Crippen LogP contribution in [0.15, 0.2) is 121 Å². The molecule has 168 valence electrons. The number of para-hydroxylation sites is 4. The first-order valence-electron chi connectivity index (χ1n) is 9.92. The van der Waals surface area contributed by atoms with E-state index in [1.807, 2.05) is 0 Å². The molecule has 0 fully saturated rings. The predicted octanol–water partition coefficient (Wildman–Crippen LogP) is 7.54. The maximum atomic E-state index is 13.7. The van der Waals surface area contributed by atoms with Gasteiger partial charge in [0.05, 0.1) is 0 Å². The summed E-state index contributed by atoms with van der Waals surface area (Å²) in [5, 5.41) is 0. The Morgan fingerprint density at radius 1 is 0.364 bits per heavy atom. The van der Waals surface area contributed by atoms with Crippen LogP contribution in [0.3, 0.4) is 0 Å². The van der Waals surface area contributed by atoms with Gasteiger partial charge in [-0.25, -0.2) is 9.13 Å². The van der Waals surface area contributed by atoms with Crippen molar-refractivity contribution in [2.24, 2.45) is 0 Å². The van der Waals surface area contributed by atoms with Gasteiger partial charge in [-0.1, -0.05) is 72.8 Å². The summed E-state index contributed by atoms with van der Waals surface area (Å²) in [6.07, 6.45) is 0. The van der Waals surface area contributed by atoms with Crippen LogP contribution in [0.5, 0.6) is 23.0 Å². The molecule has 0 aromatic heterocycles. The second-order valence-electron chi connectivity index (χ2n) is 6.59. The second-order valence-corrected chi connectivity index (χ2v) is 9.77. The summed E-state index contributed by atoms with van der Waals surface area (Å²) in [6, 6.07) is 33.0. The van der Waals surface area contributed by atoms with Crippen LogP contribution in [-0.2, 0) is 13.4 Å². The van der Waals surface area contributed by atoms with Crippen molar-refractivity contribution < 1.29 is 31.5 Å². The van der Waals surface area contributed by atoms with E-state index in [1.54, 1.807) is 121 Å². The van der Waals surface area contributed by atoms with Crippen LogP contribution in [0, 0.1) is 0 Å². The molecule has 0 radical (unpaired) electrons. The lowest BCUT2D eigenvalue weighted by Gasteiger charge is -2.23. The molecule has 0 aliphatic carbocycles. The monoisotopic (exact) mass is 482 g/mol. The molecule has 7 nitrogen and oxygen atoms in total. The van der Waals surface area contributed by atoms with E-state index < -0.39 is 15.6 Å². The van der Waals surface area contributed by atoms with E-state index >= 15 is 0 Å². The highest BCUT2D eigenvalue weighted by Crippen LogP contribution is 2.64. The summed E-state index contributed by atoms with van der Waals surface area (Å²) in [5.41, 5.74) is 0. The Morgan fingerprint density at radius 3 is 0.788 bits per heavy atom. The summed E-state index contributed by atoms with van der Waals surface area (Å²) in [4.78, 5) is 0. The van der Waals surface area contributed by atoms with Crippen molar-refractivity contribution in [1.29, 1.82) is 0 Å². The summed E-state index contributed by atoms with van der Waals surface area (Å²) < 4.78 is 55.2. The fourth-order valence-corrected chi connectivity index (χ4v) is 5.78. The topological polar surface area (TPSA) is 80.3 Å². The molecule has 0 saturated heterocycles. The summed E-state index contributed by atoms with van der Waals surface area (Å²) in [6.45, 7) is 0. The lowest BCUT2D eigenvalue weighted by Crippen LogP contribution is -2.10. The molecule has 4 aromatic rings. The van der Waals surface area contributed by atoms with E-state index in [0.29, 0.717) is 0 Å². The Bertz CT molecular complexity index is 1050. The molecule has 9 heteroatoms. The molecular weight excluding hydrogens is 462 g/mol. The van der Waals surface area contributed by atoms with Gasteiger partial charge in [-0.3, -0.25) is 0 Å². The second kappa shape index (κ2) is 10.4. The average Bonchev–Trinajstić information content (AvgIpc) is 2.81. The Hall–Kier alpha value is -3.50. The van der Waals surface area contributed by atoms with Gasteiger partial charge >= 0.3 is 15.6 Å². The van der Waals surface area contributed by atoms with E-state index in [9.17, 15) is 9.13 Å². The first-order valence-corrected chi connectivity index (χ1v) is 12.8. The average molecular weight is 482 g/mol. The van der Waals surface area contributed by atoms with E-state index in [-0.39, 0.29) is 23.0 Å². The molecule has 0 atom stereocenters. The smallest absolute Gasteiger partial charge is 0.395 e. The summed E-state index contributed by atoms with van der Waals surface area (Å²) in [5.74, 6) is 0.732. The molecule has 4 aromatic carbocycles. The van der Waals surface area contributed by atoms with Crippen LogP contribution in [-0.4, -0.2) is 0 Å². The molecule has 33 heavy (non-hydrogen) atoms. The van der Waals surface area contributed by atoms with Crippen LogP contribution in [0.4, 0.5) is 0 Å². The van der Waals surface area contributed by atoms with Gasteiger partial charge in [0.15, 0.2) is 0 Å². The molecule has 0 heterocycles. The van der Waals surface area contributed by atoms with Gasteiger partial charge in [0, 0.05) is 0 Å². The Labute approximate surface area is 191 Å². The van der Waals surface area contributed by atoms with Crippen LogP contribution in [0.2, 0.25) is 0 Å². The number of rotatable bonds is 10. The normalized spacial score (nSPS) is 11.4. The minimum atomic E-state index is -4.57. The molecule has 0 bridgehead atoms. The van der Waals surface area contributed by atoms with E-state index in [1.165, 1.54) is 0 Å². The van der Waals surface area contributed by atoms with Gasteiger partial charge in [0.1, 0.15) is 23.0 Å². The molecule has 0 aliphatic heterocycles. The Kier molecular flexibility index (Phi) is 7.16. The number of hydrogen-bond acceptors (Lipinski definition) is 7. The maximum Gasteiger partial charge on any atom is 0.598 e. The zero-order valence-corrected chi connectivity index (χ0v) is 19.1. The van der Waals surface area contributed by atoms with Crippen molar-refractivity contribution in [2.45, 2.75) is 0 Å². The van der Waals surface area contributed by atoms with Gasteiger partial charge in [-0.05, 0) is 48.5 Å². The van der Waals surface area contributed by atoms with Gasteiger partial charge < -0.3 is 18.1 Å². The van der Waals surface area contributed by atoms with Gasteiger partial charge in [0.25, 0.3) is 0 Å². The number of benzene rings is 4. The molecule has 0 unspecified atom stereocenters.